The van der Waals surface area contributed by atoms with Gasteiger partial charge in [-0.05, 0) is 42.2 Å². The van der Waals surface area contributed by atoms with Gasteiger partial charge in [0.1, 0.15) is 5.82 Å². The maximum absolute atomic E-state index is 13.2. The van der Waals surface area contributed by atoms with Crippen LogP contribution in [0.5, 0.6) is 0 Å². The van der Waals surface area contributed by atoms with E-state index in [1.165, 1.54) is 18.4 Å². The summed E-state index contributed by atoms with van der Waals surface area (Å²) in [6.07, 6.45) is 2.39. The molecule has 23 heavy (non-hydrogen) atoms. The van der Waals surface area contributed by atoms with E-state index >= 15 is 0 Å². The van der Waals surface area contributed by atoms with Crippen molar-refractivity contribution in [1.82, 2.24) is 5.32 Å². The molecule has 0 amide bonds. The molecular formula is C20H25FN2. The van der Waals surface area contributed by atoms with Crippen LogP contribution in [0.25, 0.3) is 0 Å². The Balaban J connectivity index is 1.65. The molecule has 0 saturated carbocycles. The van der Waals surface area contributed by atoms with E-state index in [1.807, 2.05) is 18.2 Å². The molecule has 0 spiro atoms. The minimum Gasteiger partial charge on any atom is -0.370 e. The van der Waals surface area contributed by atoms with Crippen molar-refractivity contribution in [3.63, 3.8) is 0 Å². The number of halogens is 1. The smallest absolute Gasteiger partial charge is 0.123 e. The largest absolute Gasteiger partial charge is 0.370 e. The second kappa shape index (κ2) is 7.60. The van der Waals surface area contributed by atoms with Gasteiger partial charge < -0.3 is 10.2 Å². The molecule has 0 aliphatic carbocycles. The average molecular weight is 312 g/mol. The summed E-state index contributed by atoms with van der Waals surface area (Å²) in [5.41, 5.74) is 2.44. The van der Waals surface area contributed by atoms with Crippen LogP contribution < -0.4 is 10.2 Å². The minimum absolute atomic E-state index is 0.170. The monoisotopic (exact) mass is 312 g/mol. The van der Waals surface area contributed by atoms with Crippen LogP contribution in [0.2, 0.25) is 0 Å². The fourth-order valence-corrected chi connectivity index (χ4v) is 3.37. The first-order valence-electron chi connectivity index (χ1n) is 8.52. The highest BCUT2D eigenvalue weighted by atomic mass is 19.1. The van der Waals surface area contributed by atoms with Crippen molar-refractivity contribution in [2.75, 3.05) is 18.0 Å². The van der Waals surface area contributed by atoms with Gasteiger partial charge in [0.25, 0.3) is 0 Å². The Morgan fingerprint density at radius 1 is 1.04 bits per heavy atom. The van der Waals surface area contributed by atoms with Crippen molar-refractivity contribution in [3.05, 3.63) is 66.0 Å². The first-order valence-corrected chi connectivity index (χ1v) is 8.52. The third kappa shape index (κ3) is 4.32. The van der Waals surface area contributed by atoms with Crippen LogP contribution in [-0.4, -0.2) is 19.1 Å². The Kier molecular flexibility index (Phi) is 5.29. The van der Waals surface area contributed by atoms with Crippen molar-refractivity contribution in [3.8, 4) is 0 Å². The van der Waals surface area contributed by atoms with Crippen LogP contribution in [0.3, 0.4) is 0 Å². The van der Waals surface area contributed by atoms with E-state index in [-0.39, 0.29) is 5.82 Å². The van der Waals surface area contributed by atoms with Crippen LogP contribution in [0.4, 0.5) is 10.1 Å². The van der Waals surface area contributed by atoms with E-state index in [4.69, 9.17) is 0 Å². The van der Waals surface area contributed by atoms with Gasteiger partial charge in [-0.3, -0.25) is 0 Å². The number of benzene rings is 2. The number of nitrogens with one attached hydrogen (secondary N) is 1. The Labute approximate surface area is 138 Å². The fourth-order valence-electron chi connectivity index (χ4n) is 3.37. The highest BCUT2D eigenvalue weighted by Gasteiger charge is 2.26. The van der Waals surface area contributed by atoms with E-state index in [1.54, 1.807) is 12.1 Å². The van der Waals surface area contributed by atoms with Gasteiger partial charge >= 0.3 is 0 Å². The van der Waals surface area contributed by atoms with Crippen LogP contribution in [-0.2, 0) is 6.54 Å². The maximum atomic E-state index is 13.2. The summed E-state index contributed by atoms with van der Waals surface area (Å²) < 4.78 is 13.2. The number of hydrogen-bond acceptors (Lipinski definition) is 2. The molecule has 0 radical (unpaired) electrons. The van der Waals surface area contributed by atoms with E-state index in [2.05, 4.69) is 41.4 Å². The van der Waals surface area contributed by atoms with Crippen LogP contribution in [0.1, 0.15) is 25.3 Å². The topological polar surface area (TPSA) is 15.3 Å². The van der Waals surface area contributed by atoms with Crippen molar-refractivity contribution in [2.24, 2.45) is 5.92 Å². The van der Waals surface area contributed by atoms with Gasteiger partial charge in [0, 0.05) is 31.4 Å². The highest BCUT2D eigenvalue weighted by Crippen LogP contribution is 2.25. The molecule has 1 aliphatic heterocycles. The lowest BCUT2D eigenvalue weighted by Gasteiger charge is -2.39. The highest BCUT2D eigenvalue weighted by molar-refractivity contribution is 5.47. The molecule has 2 aromatic carbocycles. The minimum atomic E-state index is -0.170. The molecule has 3 heteroatoms. The lowest BCUT2D eigenvalue weighted by molar-refractivity contribution is 0.325. The normalized spacial score (nSPS) is 21.4. The zero-order valence-corrected chi connectivity index (χ0v) is 13.7. The summed E-state index contributed by atoms with van der Waals surface area (Å²) in [7, 11) is 0. The summed E-state index contributed by atoms with van der Waals surface area (Å²) in [5, 5.41) is 3.70. The summed E-state index contributed by atoms with van der Waals surface area (Å²) in [5.74, 6) is 0.513. The number of rotatable bonds is 5. The Morgan fingerprint density at radius 3 is 2.48 bits per heavy atom. The third-order valence-electron chi connectivity index (χ3n) is 4.74. The third-order valence-corrected chi connectivity index (χ3v) is 4.74. The SMILES string of the molecule is CCC1CC(NCc2ccccc2)CN(c2ccc(F)cc2)C1. The molecule has 1 heterocycles. The number of anilines is 1. The molecule has 1 saturated heterocycles. The molecule has 0 bridgehead atoms. The molecule has 1 N–H and O–H groups in total. The van der Waals surface area contributed by atoms with Gasteiger partial charge in [-0.15, -0.1) is 0 Å². The van der Waals surface area contributed by atoms with Crippen molar-refractivity contribution in [2.45, 2.75) is 32.4 Å². The summed E-state index contributed by atoms with van der Waals surface area (Å²) in [6, 6.07) is 17.9. The lowest BCUT2D eigenvalue weighted by atomic mass is 9.91. The van der Waals surface area contributed by atoms with Gasteiger partial charge in [0.2, 0.25) is 0 Å². The number of nitrogens with zero attached hydrogens (tertiary/aromatic N) is 1. The molecule has 0 aromatic heterocycles. The average Bonchev–Trinajstić information content (AvgIpc) is 2.61. The fraction of sp³-hybridized carbons (Fsp3) is 0.400. The number of hydrogen-bond donors (Lipinski definition) is 1. The first-order chi connectivity index (χ1) is 11.2. The van der Waals surface area contributed by atoms with Gasteiger partial charge in [-0.25, -0.2) is 4.39 Å². The number of piperidine rings is 1. The van der Waals surface area contributed by atoms with Crippen molar-refractivity contribution < 1.29 is 4.39 Å². The van der Waals surface area contributed by atoms with Crippen LogP contribution in [0.15, 0.2) is 54.6 Å². The van der Waals surface area contributed by atoms with E-state index in [0.717, 1.165) is 25.3 Å². The molecule has 3 rings (SSSR count). The summed E-state index contributed by atoms with van der Waals surface area (Å²) >= 11 is 0. The molecule has 2 aromatic rings. The second-order valence-corrected chi connectivity index (χ2v) is 6.45. The van der Waals surface area contributed by atoms with Crippen molar-refractivity contribution in [1.29, 1.82) is 0 Å². The van der Waals surface area contributed by atoms with Gasteiger partial charge in [-0.2, -0.15) is 0 Å². The quantitative estimate of drug-likeness (QED) is 0.889. The Bertz CT molecular complexity index is 597. The molecule has 2 atom stereocenters. The predicted octanol–water partition coefficient (Wildman–Crippen LogP) is 4.22. The molecule has 2 nitrogen and oxygen atoms in total. The van der Waals surface area contributed by atoms with E-state index < -0.39 is 0 Å². The Morgan fingerprint density at radius 2 is 1.78 bits per heavy atom. The first kappa shape index (κ1) is 16.0. The summed E-state index contributed by atoms with van der Waals surface area (Å²) in [6.45, 7) is 5.20. The summed E-state index contributed by atoms with van der Waals surface area (Å²) in [4.78, 5) is 2.39. The Hall–Kier alpha value is -1.87. The molecule has 1 aliphatic rings. The molecule has 2 unspecified atom stereocenters. The van der Waals surface area contributed by atoms with Crippen molar-refractivity contribution >= 4 is 5.69 Å². The standard InChI is InChI=1S/C20H25FN2/c1-2-16-12-19(22-13-17-6-4-3-5-7-17)15-23(14-16)20-10-8-18(21)9-11-20/h3-11,16,19,22H,2,12-15H2,1H3. The van der Waals surface area contributed by atoms with E-state index in [9.17, 15) is 4.39 Å². The van der Waals surface area contributed by atoms with Gasteiger partial charge in [-0.1, -0.05) is 43.7 Å². The second-order valence-electron chi connectivity index (χ2n) is 6.45. The van der Waals surface area contributed by atoms with E-state index in [0.29, 0.717) is 12.0 Å². The molecular weight excluding hydrogens is 287 g/mol. The van der Waals surface area contributed by atoms with Gasteiger partial charge in [0.15, 0.2) is 0 Å². The zero-order valence-electron chi connectivity index (χ0n) is 13.7. The maximum Gasteiger partial charge on any atom is 0.123 e. The molecule has 122 valence electrons. The predicted molar refractivity (Wildman–Crippen MR) is 94.1 cm³/mol. The lowest BCUT2D eigenvalue weighted by Crippen LogP contribution is -2.49. The van der Waals surface area contributed by atoms with Crippen LogP contribution in [0, 0.1) is 11.7 Å². The van der Waals surface area contributed by atoms with Gasteiger partial charge in [0.05, 0.1) is 0 Å². The zero-order chi connectivity index (χ0) is 16.1. The van der Waals surface area contributed by atoms with Crippen LogP contribution >= 0.6 is 0 Å². The molecule has 1 fully saturated rings.